The summed E-state index contributed by atoms with van der Waals surface area (Å²) in [5, 5.41) is 3.49. The minimum atomic E-state index is -0.299. The first kappa shape index (κ1) is 17.0. The fraction of sp³-hybridized carbons (Fsp3) is 0.200. The van der Waals surface area contributed by atoms with Gasteiger partial charge in [0.15, 0.2) is 0 Å². The van der Waals surface area contributed by atoms with Crippen molar-refractivity contribution in [3.63, 3.8) is 0 Å². The first-order valence-electron chi connectivity index (χ1n) is 8.03. The number of hydrogen-bond donors (Lipinski definition) is 2. The molecule has 2 N–H and O–H groups in total. The molecule has 0 radical (unpaired) electrons. The van der Waals surface area contributed by atoms with Crippen LogP contribution >= 0.6 is 0 Å². The Labute approximate surface area is 146 Å². The summed E-state index contributed by atoms with van der Waals surface area (Å²) >= 11 is 0. The summed E-state index contributed by atoms with van der Waals surface area (Å²) < 4.78 is 24.7. The molecule has 5 heteroatoms. The molecule has 0 bridgehead atoms. The van der Waals surface area contributed by atoms with E-state index >= 15 is 0 Å². The lowest BCUT2D eigenvalue weighted by atomic mass is 9.97. The van der Waals surface area contributed by atoms with Crippen molar-refractivity contribution in [2.45, 2.75) is 12.6 Å². The lowest BCUT2D eigenvalue weighted by Gasteiger charge is -2.22. The van der Waals surface area contributed by atoms with Gasteiger partial charge in [-0.05, 0) is 47.5 Å². The summed E-state index contributed by atoms with van der Waals surface area (Å²) in [6.07, 6.45) is 3.80. The predicted octanol–water partition coefficient (Wildman–Crippen LogP) is 4.05. The van der Waals surface area contributed by atoms with Gasteiger partial charge in [-0.3, -0.25) is 0 Å². The monoisotopic (exact) mass is 340 g/mol. The summed E-state index contributed by atoms with van der Waals surface area (Å²) in [6, 6.07) is 14.1. The molecule has 25 heavy (non-hydrogen) atoms. The van der Waals surface area contributed by atoms with Crippen LogP contribution in [0.3, 0.4) is 0 Å². The van der Waals surface area contributed by atoms with E-state index in [2.05, 4.69) is 10.3 Å². The lowest BCUT2D eigenvalue weighted by molar-refractivity contribution is 0.400. The van der Waals surface area contributed by atoms with E-state index in [1.165, 1.54) is 12.1 Å². The summed E-state index contributed by atoms with van der Waals surface area (Å²) in [4.78, 5) is 3.04. The summed E-state index contributed by atoms with van der Waals surface area (Å²) in [5.74, 6) is 1.09. The molecule has 1 aromatic heterocycles. The number of rotatable bonds is 7. The Morgan fingerprint density at radius 1 is 1.08 bits per heavy atom. The van der Waals surface area contributed by atoms with E-state index in [-0.39, 0.29) is 11.9 Å². The number of aromatic amines is 1. The highest BCUT2D eigenvalue weighted by atomic mass is 19.1. The topological polar surface area (TPSA) is 46.3 Å². The van der Waals surface area contributed by atoms with Crippen LogP contribution < -0.4 is 14.8 Å². The molecule has 2 aromatic carbocycles. The maximum absolute atomic E-state index is 13.9. The summed E-state index contributed by atoms with van der Waals surface area (Å²) in [6.45, 7) is 0.630. The van der Waals surface area contributed by atoms with Crippen LogP contribution in [0, 0.1) is 5.82 Å². The third-order valence-corrected chi connectivity index (χ3v) is 4.10. The van der Waals surface area contributed by atoms with Gasteiger partial charge in [0, 0.05) is 24.5 Å². The molecule has 1 heterocycles. The van der Waals surface area contributed by atoms with E-state index < -0.39 is 0 Å². The van der Waals surface area contributed by atoms with Crippen LogP contribution in [-0.4, -0.2) is 19.2 Å². The third kappa shape index (κ3) is 4.00. The van der Waals surface area contributed by atoms with Gasteiger partial charge in [-0.15, -0.1) is 0 Å². The number of hydrogen-bond acceptors (Lipinski definition) is 3. The predicted molar refractivity (Wildman–Crippen MR) is 95.4 cm³/mol. The number of aromatic nitrogens is 1. The van der Waals surface area contributed by atoms with Crippen LogP contribution in [0.1, 0.15) is 22.7 Å². The lowest BCUT2D eigenvalue weighted by Crippen LogP contribution is -2.22. The molecule has 3 rings (SSSR count). The molecule has 0 unspecified atom stereocenters. The number of halogens is 1. The Kier molecular flexibility index (Phi) is 5.36. The van der Waals surface area contributed by atoms with Crippen molar-refractivity contribution < 1.29 is 13.9 Å². The Hall–Kier alpha value is -2.79. The Balaban J connectivity index is 2.00. The van der Waals surface area contributed by atoms with E-state index in [1.54, 1.807) is 20.3 Å². The first-order chi connectivity index (χ1) is 12.2. The highest BCUT2D eigenvalue weighted by molar-refractivity contribution is 5.44. The van der Waals surface area contributed by atoms with Crippen molar-refractivity contribution in [2.24, 2.45) is 0 Å². The van der Waals surface area contributed by atoms with E-state index in [1.807, 2.05) is 42.7 Å². The van der Waals surface area contributed by atoms with Crippen molar-refractivity contribution in [1.82, 2.24) is 10.3 Å². The molecule has 0 amide bonds. The number of ether oxygens (including phenoxy) is 2. The zero-order valence-corrected chi connectivity index (χ0v) is 14.3. The van der Waals surface area contributed by atoms with Crippen molar-refractivity contribution in [2.75, 3.05) is 14.2 Å². The van der Waals surface area contributed by atoms with E-state index in [0.717, 1.165) is 22.4 Å². The fourth-order valence-electron chi connectivity index (χ4n) is 2.85. The quantitative estimate of drug-likeness (QED) is 0.682. The average molecular weight is 340 g/mol. The van der Waals surface area contributed by atoms with Crippen LogP contribution in [-0.2, 0) is 6.54 Å². The molecule has 0 saturated carbocycles. The highest BCUT2D eigenvalue weighted by Gasteiger charge is 2.19. The largest absolute Gasteiger partial charge is 0.497 e. The zero-order valence-electron chi connectivity index (χ0n) is 14.3. The molecule has 0 aliphatic heterocycles. The van der Waals surface area contributed by atoms with Gasteiger partial charge in [0.05, 0.1) is 20.3 Å². The van der Waals surface area contributed by atoms with Gasteiger partial charge in [-0.2, -0.15) is 0 Å². The minimum absolute atomic E-state index is 0.240. The molecule has 0 spiro atoms. The van der Waals surface area contributed by atoms with Gasteiger partial charge in [0.25, 0.3) is 0 Å². The van der Waals surface area contributed by atoms with Crippen LogP contribution in [0.5, 0.6) is 11.5 Å². The van der Waals surface area contributed by atoms with Gasteiger partial charge in [0.2, 0.25) is 0 Å². The third-order valence-electron chi connectivity index (χ3n) is 4.10. The maximum atomic E-state index is 13.9. The van der Waals surface area contributed by atoms with Gasteiger partial charge >= 0.3 is 0 Å². The number of benzene rings is 2. The van der Waals surface area contributed by atoms with Crippen LogP contribution in [0.15, 0.2) is 60.9 Å². The number of nitrogens with one attached hydrogen (secondary N) is 2. The second-order valence-electron chi connectivity index (χ2n) is 5.70. The minimum Gasteiger partial charge on any atom is -0.497 e. The van der Waals surface area contributed by atoms with E-state index in [9.17, 15) is 4.39 Å². The van der Waals surface area contributed by atoms with E-state index in [0.29, 0.717) is 12.3 Å². The normalized spacial score (nSPS) is 12.0. The molecule has 1 atom stereocenters. The Morgan fingerprint density at radius 2 is 1.96 bits per heavy atom. The fourth-order valence-corrected chi connectivity index (χ4v) is 2.85. The summed E-state index contributed by atoms with van der Waals surface area (Å²) in [7, 11) is 3.22. The molecule has 0 fully saturated rings. The molecule has 3 aromatic rings. The van der Waals surface area contributed by atoms with Crippen molar-refractivity contribution >= 4 is 0 Å². The van der Waals surface area contributed by atoms with Crippen LogP contribution in [0.4, 0.5) is 4.39 Å². The maximum Gasteiger partial charge on any atom is 0.124 e. The second-order valence-corrected chi connectivity index (χ2v) is 5.70. The smallest absolute Gasteiger partial charge is 0.124 e. The molecule has 130 valence electrons. The highest BCUT2D eigenvalue weighted by Crippen LogP contribution is 2.32. The molecule has 4 nitrogen and oxygen atoms in total. The number of methoxy groups -OCH3 is 2. The average Bonchev–Trinajstić information content (AvgIpc) is 3.16. The Morgan fingerprint density at radius 3 is 2.68 bits per heavy atom. The standard InChI is InChI=1S/C20H21FN2O2/c1-24-17-5-3-4-15(10-17)20(23-13-14-8-9-22-12-14)18-11-16(21)6-7-19(18)25-2/h3-12,20,22-23H,13H2,1-2H3/t20-/m1/s1. The van der Waals surface area contributed by atoms with Gasteiger partial charge in [-0.1, -0.05) is 12.1 Å². The van der Waals surface area contributed by atoms with Crippen molar-refractivity contribution in [3.8, 4) is 11.5 Å². The SMILES string of the molecule is COc1cccc([C@@H](NCc2cc[nH]c2)c2cc(F)ccc2OC)c1. The zero-order chi connectivity index (χ0) is 17.6. The Bertz CT molecular complexity index is 818. The van der Waals surface area contributed by atoms with Crippen molar-refractivity contribution in [3.05, 3.63) is 83.4 Å². The first-order valence-corrected chi connectivity index (χ1v) is 8.03. The van der Waals surface area contributed by atoms with Crippen LogP contribution in [0.2, 0.25) is 0 Å². The molecular weight excluding hydrogens is 319 g/mol. The second kappa shape index (κ2) is 7.85. The molecule has 0 aliphatic carbocycles. The van der Waals surface area contributed by atoms with E-state index in [4.69, 9.17) is 9.47 Å². The van der Waals surface area contributed by atoms with Gasteiger partial charge in [0.1, 0.15) is 17.3 Å². The molecule has 0 aliphatic rings. The number of H-pyrrole nitrogens is 1. The summed E-state index contributed by atoms with van der Waals surface area (Å²) in [5.41, 5.74) is 2.83. The van der Waals surface area contributed by atoms with Crippen molar-refractivity contribution in [1.29, 1.82) is 0 Å². The van der Waals surface area contributed by atoms with Gasteiger partial charge < -0.3 is 19.8 Å². The molecule has 0 saturated heterocycles. The van der Waals surface area contributed by atoms with Crippen LogP contribution in [0.25, 0.3) is 0 Å². The van der Waals surface area contributed by atoms with Gasteiger partial charge in [-0.25, -0.2) is 4.39 Å². The molecular formula is C20H21FN2O2.